The number of hydrogen-bond donors (Lipinski definition) is 5. The van der Waals surface area contributed by atoms with Crippen molar-refractivity contribution in [3.63, 3.8) is 0 Å². The minimum atomic E-state index is -2.04. The number of aliphatic hydroxyl groups is 5. The number of rotatable bonds is 12. The summed E-state index contributed by atoms with van der Waals surface area (Å²) in [6.45, 7) is 17.9. The number of ketones is 1. The van der Waals surface area contributed by atoms with Crippen molar-refractivity contribution < 1.29 is 82.6 Å². The monoisotopic (exact) mass is 894 g/mol. The number of nitrogens with zero attached hydrogens (tertiary/aromatic N) is 1. The van der Waals surface area contributed by atoms with Gasteiger partial charge in [-0.1, -0.05) is 27.7 Å². The van der Waals surface area contributed by atoms with Crippen molar-refractivity contribution in [2.45, 2.75) is 199 Å². The van der Waals surface area contributed by atoms with Gasteiger partial charge < -0.3 is 68.3 Å². The SMILES string of the molecule is CCOC(=O)CCC(=O)O[C@H]1[C@H](O[C@@H]2[C@@H](C)[C@H](O[C@H]3C[C@@](C)(OC)[C@@H](O)[C@H](C)O3)[C@@H](C)C(=O)O[C@H](CC)[C@@](C)(O)[C@H](O)[C@@H](C)C(=O)[C@H](C)C[C@@]2(C)O)O[C@H](C)C[C@@H]1N(C)C.CO. The number of aliphatic hydroxyl groups excluding tert-OH is 3. The molecule has 0 aromatic heterocycles. The van der Waals surface area contributed by atoms with Crippen molar-refractivity contribution in [3.8, 4) is 0 Å². The number of Topliss-reactive ketones (excluding diaryl/α,β-unsaturated/α-hetero) is 1. The summed E-state index contributed by atoms with van der Waals surface area (Å²) in [5, 5.41) is 53.8. The first-order valence-corrected chi connectivity index (χ1v) is 21.9. The molecule has 0 aliphatic carbocycles. The molecule has 3 fully saturated rings. The second-order valence-corrected chi connectivity index (χ2v) is 18.2. The topological polar surface area (TPSA) is 247 Å². The normalized spacial score (nSPS) is 42.5. The van der Waals surface area contributed by atoms with E-state index in [4.69, 9.17) is 43.0 Å². The molecule has 0 unspecified atom stereocenters. The number of ether oxygens (including phenoxy) is 8. The summed E-state index contributed by atoms with van der Waals surface area (Å²) in [4.78, 5) is 55.6. The third-order valence-electron chi connectivity index (χ3n) is 12.9. The van der Waals surface area contributed by atoms with Gasteiger partial charge in [-0.2, -0.15) is 0 Å². The lowest BCUT2D eigenvalue weighted by molar-refractivity contribution is -0.319. The quantitative estimate of drug-likeness (QED) is 0.139. The van der Waals surface area contributed by atoms with Crippen LogP contribution in [0.25, 0.3) is 0 Å². The highest BCUT2D eigenvalue weighted by Gasteiger charge is 2.54. The standard InChI is InChI=1S/C43H75NO16.CH4O/c1-15-29-43(11,52)36(48)24(5)33(47)22(3)20-41(9,51)38(25(6)34(26(7)39(50)57-29)59-32-21-42(10,53-14)37(49)27(8)56-32)60-40-35(28(44(12)13)19-23(4)55-40)58-31(46)18-17-30(45)54-16-2;1-2/h22-29,32,34-38,40,48-49,51-52H,15-21H2,1-14H3;2H,1H3/t22-,23-,24+,25+,26-,27+,28+,29-,32+,34+,35-,36-,37+,38-,40+,41-,42-,43-;/m1./s1. The zero-order valence-corrected chi connectivity index (χ0v) is 39.7. The molecule has 18 heteroatoms. The van der Waals surface area contributed by atoms with Crippen LogP contribution >= 0.6 is 0 Å². The van der Waals surface area contributed by atoms with E-state index in [1.807, 2.05) is 25.9 Å². The molecule has 18 nitrogen and oxygen atoms in total. The number of likely N-dealkylation sites (N-methyl/N-ethyl adjacent to an activating group) is 1. The van der Waals surface area contributed by atoms with Gasteiger partial charge in [-0.3, -0.25) is 19.2 Å². The Morgan fingerprint density at radius 3 is 1.98 bits per heavy atom. The first-order chi connectivity index (χ1) is 28.8. The molecule has 3 rings (SSSR count). The number of hydrogen-bond acceptors (Lipinski definition) is 18. The van der Waals surface area contributed by atoms with Gasteiger partial charge in [0.15, 0.2) is 18.7 Å². The predicted octanol–water partition coefficient (Wildman–Crippen LogP) is 2.29. The molecule has 62 heavy (non-hydrogen) atoms. The van der Waals surface area contributed by atoms with Crippen LogP contribution in [-0.4, -0.2) is 173 Å². The number of methoxy groups -OCH3 is 1. The summed E-state index contributed by atoms with van der Waals surface area (Å²) in [6, 6.07) is -0.443. The molecule has 0 amide bonds. The highest BCUT2D eigenvalue weighted by Crippen LogP contribution is 2.41. The maximum absolute atomic E-state index is 14.3. The largest absolute Gasteiger partial charge is 0.466 e. The molecule has 5 N–H and O–H groups in total. The lowest BCUT2D eigenvalue weighted by atomic mass is 9.74. The van der Waals surface area contributed by atoms with Gasteiger partial charge in [0.25, 0.3) is 0 Å². The van der Waals surface area contributed by atoms with Crippen LogP contribution in [0, 0.1) is 23.7 Å². The Morgan fingerprint density at radius 2 is 1.44 bits per heavy atom. The molecule has 0 aromatic carbocycles. The molecule has 18 atom stereocenters. The van der Waals surface area contributed by atoms with Gasteiger partial charge in [0.05, 0.1) is 73.1 Å². The van der Waals surface area contributed by atoms with Gasteiger partial charge >= 0.3 is 17.9 Å². The van der Waals surface area contributed by atoms with Gasteiger partial charge in [0.2, 0.25) is 0 Å². The van der Waals surface area contributed by atoms with Crippen LogP contribution in [0.2, 0.25) is 0 Å². The molecule has 3 aliphatic rings. The van der Waals surface area contributed by atoms with E-state index in [0.29, 0.717) is 6.42 Å². The second-order valence-electron chi connectivity index (χ2n) is 18.2. The van der Waals surface area contributed by atoms with E-state index in [-0.39, 0.29) is 38.7 Å². The van der Waals surface area contributed by atoms with Gasteiger partial charge in [-0.25, -0.2) is 0 Å². The molecule has 362 valence electrons. The van der Waals surface area contributed by atoms with Crippen molar-refractivity contribution in [1.29, 1.82) is 0 Å². The van der Waals surface area contributed by atoms with Crippen LogP contribution in [0.5, 0.6) is 0 Å². The molecule has 3 saturated heterocycles. The van der Waals surface area contributed by atoms with E-state index in [1.54, 1.807) is 48.5 Å². The Balaban J connectivity index is 0.00000651. The fourth-order valence-corrected chi connectivity index (χ4v) is 9.17. The molecule has 0 bridgehead atoms. The van der Waals surface area contributed by atoms with Crippen LogP contribution in [0.15, 0.2) is 0 Å². The minimum absolute atomic E-state index is 0.0431. The van der Waals surface area contributed by atoms with Crippen molar-refractivity contribution in [2.75, 3.05) is 34.9 Å². The van der Waals surface area contributed by atoms with E-state index < -0.39 is 132 Å². The van der Waals surface area contributed by atoms with Gasteiger partial charge in [-0.05, 0) is 81.8 Å². The van der Waals surface area contributed by atoms with Gasteiger partial charge in [-0.15, -0.1) is 0 Å². The Morgan fingerprint density at radius 1 is 0.839 bits per heavy atom. The summed E-state index contributed by atoms with van der Waals surface area (Å²) < 4.78 is 48.8. The molecule has 3 heterocycles. The maximum Gasteiger partial charge on any atom is 0.311 e. The highest BCUT2D eigenvalue weighted by atomic mass is 16.7. The van der Waals surface area contributed by atoms with Crippen molar-refractivity contribution in [3.05, 3.63) is 0 Å². The lowest BCUT2D eigenvalue weighted by Gasteiger charge is -2.49. The number of carbonyl (C=O) groups is 4. The Kier molecular flexibility index (Phi) is 21.3. The molecule has 0 aromatic rings. The highest BCUT2D eigenvalue weighted by molar-refractivity contribution is 5.83. The van der Waals surface area contributed by atoms with E-state index in [2.05, 4.69) is 0 Å². The van der Waals surface area contributed by atoms with E-state index in [1.165, 1.54) is 27.9 Å². The molecule has 0 saturated carbocycles. The van der Waals surface area contributed by atoms with Crippen LogP contribution in [-0.2, 0) is 57.1 Å². The Bertz CT molecular complexity index is 1440. The van der Waals surface area contributed by atoms with E-state index in [0.717, 1.165) is 7.11 Å². The summed E-state index contributed by atoms with van der Waals surface area (Å²) in [7, 11) is 6.09. The number of carbonyl (C=O) groups excluding carboxylic acids is 4. The van der Waals surface area contributed by atoms with Gasteiger partial charge in [0.1, 0.15) is 23.6 Å². The smallest absolute Gasteiger partial charge is 0.311 e. The predicted molar refractivity (Wildman–Crippen MR) is 224 cm³/mol. The third-order valence-corrected chi connectivity index (χ3v) is 12.9. The average Bonchev–Trinajstić information content (AvgIpc) is 3.21. The summed E-state index contributed by atoms with van der Waals surface area (Å²) in [6.07, 6.45) is -11.1. The fraction of sp³-hybridized carbons (Fsp3) is 0.909. The first-order valence-electron chi connectivity index (χ1n) is 21.9. The summed E-state index contributed by atoms with van der Waals surface area (Å²) >= 11 is 0. The van der Waals surface area contributed by atoms with Crippen LogP contribution in [0.4, 0.5) is 0 Å². The zero-order chi connectivity index (χ0) is 47.7. The van der Waals surface area contributed by atoms with E-state index >= 15 is 0 Å². The van der Waals surface area contributed by atoms with Crippen molar-refractivity contribution in [1.82, 2.24) is 4.90 Å². The Hall–Kier alpha value is -2.36. The van der Waals surface area contributed by atoms with E-state index in [9.17, 15) is 39.6 Å². The Labute approximate surface area is 368 Å². The van der Waals surface area contributed by atoms with Crippen molar-refractivity contribution >= 4 is 23.7 Å². The number of esters is 3. The van der Waals surface area contributed by atoms with Crippen molar-refractivity contribution in [2.24, 2.45) is 23.7 Å². The summed E-state index contributed by atoms with van der Waals surface area (Å²) in [5.74, 6) is -6.64. The molecule has 3 aliphatic heterocycles. The average molecular weight is 894 g/mol. The second kappa shape index (κ2) is 23.7. The summed E-state index contributed by atoms with van der Waals surface area (Å²) in [5.41, 5.74) is -5.06. The maximum atomic E-state index is 14.3. The lowest BCUT2D eigenvalue weighted by Crippen LogP contribution is -2.61. The third kappa shape index (κ3) is 13.6. The molecular weight excluding hydrogens is 814 g/mol. The van der Waals surface area contributed by atoms with Gasteiger partial charge in [0, 0.05) is 38.4 Å². The van der Waals surface area contributed by atoms with Crippen LogP contribution < -0.4 is 0 Å². The minimum Gasteiger partial charge on any atom is -0.466 e. The first kappa shape index (κ1) is 55.8. The van der Waals surface area contributed by atoms with Crippen LogP contribution in [0.1, 0.15) is 115 Å². The zero-order valence-electron chi connectivity index (χ0n) is 39.7. The molecule has 0 spiro atoms. The number of cyclic esters (lactones) is 1. The molecule has 0 radical (unpaired) electrons. The fourth-order valence-electron chi connectivity index (χ4n) is 9.17. The van der Waals surface area contributed by atoms with Crippen LogP contribution in [0.3, 0.4) is 0 Å². The molecular formula is C44H79NO17.